The van der Waals surface area contributed by atoms with E-state index in [1.54, 1.807) is 7.11 Å². The second-order valence-corrected chi connectivity index (χ2v) is 3.79. The summed E-state index contributed by atoms with van der Waals surface area (Å²) in [5, 5.41) is 0. The zero-order chi connectivity index (χ0) is 9.90. The highest BCUT2D eigenvalue weighted by Gasteiger charge is 2.02. The van der Waals surface area contributed by atoms with Gasteiger partial charge < -0.3 is 9.22 Å². The molecule has 0 N–H and O–H groups in total. The molecule has 1 rings (SSSR count). The van der Waals surface area contributed by atoms with E-state index in [1.165, 1.54) is 5.56 Å². The Morgan fingerprint density at radius 2 is 2.08 bits per heavy atom. The highest BCUT2D eigenvalue weighted by atomic mass is 16.5. The van der Waals surface area contributed by atoms with Crippen LogP contribution in [0.25, 0.3) is 0 Å². The number of ether oxygens (including phenoxy) is 1. The molecule has 71 valence electrons. The minimum absolute atomic E-state index is 0.438. The van der Waals surface area contributed by atoms with Gasteiger partial charge in [0.15, 0.2) is 0 Å². The molecular weight excluding hydrogens is 162 g/mol. The molecule has 0 aliphatic carbocycles. The molecule has 13 heavy (non-hydrogen) atoms. The number of nitrogens with zero attached hydrogens (tertiary/aromatic N) is 1. The topological polar surface area (TPSA) is 9.23 Å². The van der Waals surface area contributed by atoms with Crippen LogP contribution in [0.15, 0.2) is 24.3 Å². The molecular formula is C11H16NO. The van der Waals surface area contributed by atoms with Gasteiger partial charge in [0.1, 0.15) is 5.75 Å². The predicted molar refractivity (Wildman–Crippen MR) is 53.1 cm³/mol. The van der Waals surface area contributed by atoms with E-state index in [-0.39, 0.29) is 0 Å². The van der Waals surface area contributed by atoms with Gasteiger partial charge in [-0.2, -0.15) is 0 Å². The van der Waals surface area contributed by atoms with Crippen molar-refractivity contribution in [1.29, 1.82) is 0 Å². The summed E-state index contributed by atoms with van der Waals surface area (Å²) in [5.41, 5.74) is 1.19. The lowest BCUT2D eigenvalue weighted by Gasteiger charge is -2.34. The third-order valence-electron chi connectivity index (χ3n) is 1.72. The summed E-state index contributed by atoms with van der Waals surface area (Å²) in [6, 6.07) is 7.96. The molecule has 0 amide bonds. The summed E-state index contributed by atoms with van der Waals surface area (Å²) in [5.74, 6) is 0.881. The van der Waals surface area contributed by atoms with Crippen molar-refractivity contribution >= 4 is 0 Å². The van der Waals surface area contributed by atoms with Gasteiger partial charge in [-0.05, 0) is 12.1 Å². The molecule has 0 unspecified atom stereocenters. The second kappa shape index (κ2) is 3.79. The third kappa shape index (κ3) is 3.47. The van der Waals surface area contributed by atoms with Gasteiger partial charge in [0, 0.05) is 19.7 Å². The van der Waals surface area contributed by atoms with Crippen molar-refractivity contribution in [3.63, 3.8) is 0 Å². The first-order chi connectivity index (χ1) is 6.01. The Balaban J connectivity index is 2.78. The van der Waals surface area contributed by atoms with Crippen molar-refractivity contribution in [3.8, 4) is 5.75 Å². The standard InChI is InChI=1S/C11H16NO/c1-12(2,3)9-10-6-5-7-11(8-10)13-4/h1,5-8H,9H2,2-4H3. The van der Waals surface area contributed by atoms with E-state index < -0.39 is 0 Å². The van der Waals surface area contributed by atoms with Crippen molar-refractivity contribution in [3.05, 3.63) is 36.9 Å². The fraction of sp³-hybridized carbons (Fsp3) is 0.364. The van der Waals surface area contributed by atoms with Crippen LogP contribution in [-0.2, 0) is 6.54 Å². The van der Waals surface area contributed by atoms with Gasteiger partial charge >= 0.3 is 0 Å². The molecule has 1 radical (unpaired) electrons. The Morgan fingerprint density at radius 1 is 1.38 bits per heavy atom. The van der Waals surface area contributed by atoms with Gasteiger partial charge in [-0.15, -0.1) is 0 Å². The van der Waals surface area contributed by atoms with Crippen LogP contribution < -0.4 is 4.74 Å². The molecule has 0 saturated heterocycles. The minimum Gasteiger partial charge on any atom is -0.497 e. The normalized spacial score (nSPS) is 11.4. The van der Waals surface area contributed by atoms with Gasteiger partial charge in [0.05, 0.1) is 13.7 Å². The van der Waals surface area contributed by atoms with Crippen molar-refractivity contribution < 1.29 is 9.22 Å². The minimum atomic E-state index is 0.438. The Kier molecular flexibility index (Phi) is 2.94. The third-order valence-corrected chi connectivity index (χ3v) is 1.72. The zero-order valence-corrected chi connectivity index (χ0v) is 8.45. The fourth-order valence-electron chi connectivity index (χ4n) is 1.24. The summed E-state index contributed by atoms with van der Waals surface area (Å²) < 4.78 is 5.56. The molecule has 0 atom stereocenters. The Bertz CT molecular complexity index is 276. The summed E-state index contributed by atoms with van der Waals surface area (Å²) in [6.07, 6.45) is 0. The maximum atomic E-state index is 5.86. The van der Waals surface area contributed by atoms with Crippen molar-refractivity contribution in [2.75, 3.05) is 21.2 Å². The first-order valence-corrected chi connectivity index (χ1v) is 4.26. The maximum absolute atomic E-state index is 5.86. The van der Waals surface area contributed by atoms with E-state index in [0.29, 0.717) is 4.48 Å². The van der Waals surface area contributed by atoms with E-state index in [1.807, 2.05) is 32.3 Å². The second-order valence-electron chi connectivity index (χ2n) is 3.79. The van der Waals surface area contributed by atoms with Gasteiger partial charge in [-0.25, -0.2) is 7.05 Å². The number of methoxy groups -OCH3 is 1. The van der Waals surface area contributed by atoms with Crippen molar-refractivity contribution in [2.45, 2.75) is 6.54 Å². The van der Waals surface area contributed by atoms with Crippen LogP contribution in [-0.4, -0.2) is 25.7 Å². The molecule has 0 aliphatic heterocycles. The lowest BCUT2D eigenvalue weighted by molar-refractivity contribution is -0.859. The van der Waals surface area contributed by atoms with Gasteiger partial charge in [0.25, 0.3) is 0 Å². The molecule has 0 saturated carbocycles. The van der Waals surface area contributed by atoms with E-state index in [4.69, 9.17) is 11.8 Å². The molecule has 1 aromatic rings. The largest absolute Gasteiger partial charge is 0.497 e. The SMILES string of the molecule is [CH-][N+](C)(C)Cc1cccc(OC)c1. The molecule has 0 spiro atoms. The van der Waals surface area contributed by atoms with Gasteiger partial charge in [0.2, 0.25) is 0 Å². The molecule has 0 aromatic heterocycles. The number of hydrogen-bond acceptors (Lipinski definition) is 1. The molecule has 2 nitrogen and oxygen atoms in total. The van der Waals surface area contributed by atoms with Crippen LogP contribution in [0.2, 0.25) is 0 Å². The van der Waals surface area contributed by atoms with E-state index >= 15 is 0 Å². The lowest BCUT2D eigenvalue weighted by atomic mass is 10.2. The Morgan fingerprint density at radius 3 is 2.62 bits per heavy atom. The first kappa shape index (κ1) is 10.1. The Labute approximate surface area is 80.3 Å². The Hall–Kier alpha value is -1.02. The summed E-state index contributed by atoms with van der Waals surface area (Å²) >= 11 is 0. The van der Waals surface area contributed by atoms with Crippen LogP contribution in [0.3, 0.4) is 0 Å². The predicted octanol–water partition coefficient (Wildman–Crippen LogP) is 1.94. The number of quaternary nitrogens is 1. The molecule has 0 fully saturated rings. The summed E-state index contributed by atoms with van der Waals surface area (Å²) in [7, 11) is 11.4. The van der Waals surface area contributed by atoms with Crippen LogP contribution >= 0.6 is 0 Å². The monoisotopic (exact) mass is 178 g/mol. The fourth-order valence-corrected chi connectivity index (χ4v) is 1.24. The van der Waals surface area contributed by atoms with Crippen molar-refractivity contribution in [1.82, 2.24) is 0 Å². The van der Waals surface area contributed by atoms with Crippen LogP contribution in [0.4, 0.5) is 0 Å². The highest BCUT2D eigenvalue weighted by Crippen LogP contribution is 2.15. The number of hydrogen-bond donors (Lipinski definition) is 0. The van der Waals surface area contributed by atoms with E-state index in [2.05, 4.69) is 6.07 Å². The molecule has 1 aromatic carbocycles. The highest BCUT2D eigenvalue weighted by molar-refractivity contribution is 5.27. The average Bonchev–Trinajstić information content (AvgIpc) is 2.01. The number of rotatable bonds is 3. The van der Waals surface area contributed by atoms with Gasteiger partial charge in [-0.1, -0.05) is 12.1 Å². The maximum Gasteiger partial charge on any atom is 0.119 e. The quantitative estimate of drug-likeness (QED) is 0.507. The van der Waals surface area contributed by atoms with Crippen LogP contribution in [0.1, 0.15) is 5.56 Å². The smallest absolute Gasteiger partial charge is 0.119 e. The zero-order valence-electron chi connectivity index (χ0n) is 8.45. The molecule has 2 heteroatoms. The average molecular weight is 178 g/mol. The van der Waals surface area contributed by atoms with E-state index in [9.17, 15) is 0 Å². The molecule has 0 bridgehead atoms. The van der Waals surface area contributed by atoms with Crippen LogP contribution in [0, 0.1) is 7.05 Å². The van der Waals surface area contributed by atoms with Crippen molar-refractivity contribution in [2.24, 2.45) is 0 Å². The van der Waals surface area contributed by atoms with Gasteiger partial charge in [-0.3, -0.25) is 0 Å². The molecule has 0 aliphatic rings. The summed E-state index contributed by atoms with van der Waals surface area (Å²) in [4.78, 5) is 0. The summed E-state index contributed by atoms with van der Waals surface area (Å²) in [6.45, 7) is 0.803. The van der Waals surface area contributed by atoms with E-state index in [0.717, 1.165) is 12.3 Å². The van der Waals surface area contributed by atoms with Crippen LogP contribution in [0.5, 0.6) is 5.75 Å². The first-order valence-electron chi connectivity index (χ1n) is 4.26. The number of benzene rings is 1. The lowest BCUT2D eigenvalue weighted by Crippen LogP contribution is -2.30. The molecule has 0 heterocycles.